The van der Waals surface area contributed by atoms with Crippen molar-refractivity contribution in [2.45, 2.75) is 25.4 Å². The number of rotatable bonds is 7. The van der Waals surface area contributed by atoms with E-state index in [4.69, 9.17) is 11.6 Å². The van der Waals surface area contributed by atoms with Gasteiger partial charge in [-0.25, -0.2) is 14.8 Å². The van der Waals surface area contributed by atoms with Crippen molar-refractivity contribution in [2.24, 2.45) is 5.92 Å². The van der Waals surface area contributed by atoms with Gasteiger partial charge in [0.1, 0.15) is 5.56 Å². The molecular formula is C24H20ClN7O3. The first-order chi connectivity index (χ1) is 17.0. The van der Waals surface area contributed by atoms with Gasteiger partial charge < -0.3 is 19.2 Å². The largest absolute Gasteiger partial charge is 0.478 e. The van der Waals surface area contributed by atoms with E-state index in [2.05, 4.69) is 20.4 Å². The van der Waals surface area contributed by atoms with Crippen LogP contribution in [0.15, 0.2) is 61.7 Å². The third kappa shape index (κ3) is 4.01. The van der Waals surface area contributed by atoms with Crippen LogP contribution in [-0.4, -0.2) is 45.5 Å². The number of nitrogens with zero attached hydrogens (tertiary/aromatic N) is 6. The lowest BCUT2D eigenvalue weighted by atomic mass is 10.1. The molecule has 5 heterocycles. The molecule has 1 aliphatic carbocycles. The Hall–Kier alpha value is -4.18. The van der Waals surface area contributed by atoms with Crippen molar-refractivity contribution in [3.63, 3.8) is 0 Å². The number of amides is 1. The Bertz CT molecular complexity index is 1600. The summed E-state index contributed by atoms with van der Waals surface area (Å²) >= 11 is 6.08. The highest BCUT2D eigenvalue weighted by Gasteiger charge is 2.39. The Morgan fingerprint density at radius 2 is 2.06 bits per heavy atom. The molecule has 5 aromatic rings. The SMILES string of the molecule is O=C(NCc1ncn2ccc(Cl)cc12)c1cnn(CC2CC2c2cc(C(=O)O)c3nccn3c2)c1. The van der Waals surface area contributed by atoms with E-state index in [1.165, 1.54) is 0 Å². The average molecular weight is 490 g/mol. The van der Waals surface area contributed by atoms with Crippen LogP contribution < -0.4 is 5.32 Å². The molecule has 1 aliphatic rings. The third-order valence-corrected chi connectivity index (χ3v) is 6.64. The lowest BCUT2D eigenvalue weighted by molar-refractivity contribution is 0.0698. The van der Waals surface area contributed by atoms with Gasteiger partial charge in [0.15, 0.2) is 5.65 Å². The Morgan fingerprint density at radius 3 is 2.91 bits per heavy atom. The molecule has 2 atom stereocenters. The summed E-state index contributed by atoms with van der Waals surface area (Å²) in [7, 11) is 0. The van der Waals surface area contributed by atoms with Crippen molar-refractivity contribution in [3.05, 3.63) is 89.1 Å². The first-order valence-electron chi connectivity index (χ1n) is 11.1. The monoisotopic (exact) mass is 489 g/mol. The lowest BCUT2D eigenvalue weighted by Gasteiger charge is -2.06. The highest BCUT2D eigenvalue weighted by molar-refractivity contribution is 6.30. The van der Waals surface area contributed by atoms with Gasteiger partial charge in [-0.1, -0.05) is 11.6 Å². The molecule has 176 valence electrons. The van der Waals surface area contributed by atoms with Gasteiger partial charge in [-0.05, 0) is 42.0 Å². The zero-order chi connectivity index (χ0) is 24.1. The Morgan fingerprint density at radius 1 is 1.17 bits per heavy atom. The van der Waals surface area contributed by atoms with E-state index in [-0.39, 0.29) is 23.9 Å². The van der Waals surface area contributed by atoms with Gasteiger partial charge in [-0.2, -0.15) is 5.10 Å². The zero-order valence-corrected chi connectivity index (χ0v) is 19.1. The van der Waals surface area contributed by atoms with E-state index in [1.54, 1.807) is 52.3 Å². The van der Waals surface area contributed by atoms with E-state index >= 15 is 0 Å². The van der Waals surface area contributed by atoms with Gasteiger partial charge in [-0.3, -0.25) is 9.48 Å². The topological polar surface area (TPSA) is 119 Å². The van der Waals surface area contributed by atoms with E-state index in [1.807, 2.05) is 22.9 Å². The first kappa shape index (κ1) is 21.4. The van der Waals surface area contributed by atoms with Crippen LogP contribution in [0.4, 0.5) is 0 Å². The number of fused-ring (bicyclic) bond motifs is 2. The van der Waals surface area contributed by atoms with Crippen LogP contribution in [-0.2, 0) is 13.1 Å². The molecule has 2 unspecified atom stereocenters. The molecule has 1 amide bonds. The standard InChI is InChI=1S/C24H20ClN7O3/c25-17-1-3-31-13-28-20(21(31)7-17)9-27-23(33)16-8-29-32(12-16)11-15-5-18(15)14-6-19(24(34)35)22-26-2-4-30(22)10-14/h1-4,6-8,10,12-13,15,18H,5,9,11H2,(H,27,33)(H,34,35). The van der Waals surface area contributed by atoms with Crippen LogP contribution in [0.2, 0.25) is 5.02 Å². The molecule has 6 rings (SSSR count). The highest BCUT2D eigenvalue weighted by Crippen LogP contribution is 2.48. The molecule has 0 spiro atoms. The predicted molar refractivity (Wildman–Crippen MR) is 127 cm³/mol. The molecule has 0 aliphatic heterocycles. The smallest absolute Gasteiger partial charge is 0.339 e. The molecular weight excluding hydrogens is 470 g/mol. The van der Waals surface area contributed by atoms with E-state index in [0.29, 0.717) is 28.7 Å². The van der Waals surface area contributed by atoms with Gasteiger partial charge in [-0.15, -0.1) is 0 Å². The number of carboxylic acids is 1. The Balaban J connectivity index is 1.10. The molecule has 1 saturated carbocycles. The number of aromatic carboxylic acids is 1. The van der Waals surface area contributed by atoms with Crippen LogP contribution in [0.25, 0.3) is 11.2 Å². The van der Waals surface area contributed by atoms with Gasteiger partial charge in [0.05, 0.1) is 35.8 Å². The number of pyridine rings is 2. The normalized spacial score (nSPS) is 17.2. The summed E-state index contributed by atoms with van der Waals surface area (Å²) in [4.78, 5) is 32.8. The minimum atomic E-state index is -0.991. The summed E-state index contributed by atoms with van der Waals surface area (Å²) < 4.78 is 5.36. The van der Waals surface area contributed by atoms with Gasteiger partial charge in [0, 0.05) is 42.6 Å². The lowest BCUT2D eigenvalue weighted by Crippen LogP contribution is -2.22. The van der Waals surface area contributed by atoms with Crippen molar-refractivity contribution >= 4 is 34.6 Å². The van der Waals surface area contributed by atoms with E-state index in [0.717, 1.165) is 23.2 Å². The molecule has 11 heteroatoms. The number of aromatic nitrogens is 6. The molecule has 0 saturated heterocycles. The first-order valence-corrected chi connectivity index (χ1v) is 11.5. The fourth-order valence-corrected chi connectivity index (χ4v) is 4.67. The fourth-order valence-electron chi connectivity index (χ4n) is 4.51. The van der Waals surface area contributed by atoms with Crippen LogP contribution in [0.1, 0.15) is 44.3 Å². The predicted octanol–water partition coefficient (Wildman–Crippen LogP) is 3.26. The molecule has 1 fully saturated rings. The second kappa shape index (κ2) is 8.24. The van der Waals surface area contributed by atoms with E-state index < -0.39 is 5.97 Å². The van der Waals surface area contributed by atoms with Crippen molar-refractivity contribution in [1.29, 1.82) is 0 Å². The third-order valence-electron chi connectivity index (χ3n) is 6.40. The number of nitrogens with one attached hydrogen (secondary N) is 1. The summed E-state index contributed by atoms with van der Waals surface area (Å²) in [6.07, 6.45) is 13.0. The van der Waals surface area contributed by atoms with Crippen LogP contribution in [0.3, 0.4) is 0 Å². The number of halogens is 1. The second-order valence-corrected chi connectivity index (χ2v) is 9.15. The number of carbonyl (C=O) groups is 2. The van der Waals surface area contributed by atoms with Crippen LogP contribution in [0, 0.1) is 5.92 Å². The average Bonchev–Trinajstić information content (AvgIpc) is 3.20. The van der Waals surface area contributed by atoms with Crippen LogP contribution in [0.5, 0.6) is 0 Å². The number of hydrogen-bond donors (Lipinski definition) is 2. The minimum Gasteiger partial charge on any atom is -0.478 e. The molecule has 5 aromatic heterocycles. The maximum absolute atomic E-state index is 12.7. The highest BCUT2D eigenvalue weighted by atomic mass is 35.5. The summed E-state index contributed by atoms with van der Waals surface area (Å²) in [6, 6.07) is 5.30. The summed E-state index contributed by atoms with van der Waals surface area (Å²) in [5, 5.41) is 17.4. The van der Waals surface area contributed by atoms with Crippen LogP contribution >= 0.6 is 11.6 Å². The Labute approximate surface area is 203 Å². The second-order valence-electron chi connectivity index (χ2n) is 8.72. The summed E-state index contributed by atoms with van der Waals surface area (Å²) in [5.41, 5.74) is 3.64. The molecule has 0 radical (unpaired) electrons. The van der Waals surface area contributed by atoms with Gasteiger partial charge in [0.25, 0.3) is 5.91 Å². The summed E-state index contributed by atoms with van der Waals surface area (Å²) in [5.74, 6) is -0.671. The quantitative estimate of drug-likeness (QED) is 0.362. The number of carboxylic acid groups (broad SMARTS) is 1. The fraction of sp³-hybridized carbons (Fsp3) is 0.208. The Kier molecular flexibility index (Phi) is 5.03. The molecule has 0 bridgehead atoms. The molecule has 0 aromatic carbocycles. The molecule has 35 heavy (non-hydrogen) atoms. The van der Waals surface area contributed by atoms with Crippen molar-refractivity contribution < 1.29 is 14.7 Å². The van der Waals surface area contributed by atoms with Crippen molar-refractivity contribution in [1.82, 2.24) is 33.9 Å². The number of hydrogen-bond acceptors (Lipinski definition) is 5. The van der Waals surface area contributed by atoms with Crippen molar-refractivity contribution in [2.75, 3.05) is 0 Å². The maximum Gasteiger partial charge on any atom is 0.339 e. The molecule has 10 nitrogen and oxygen atoms in total. The number of imidazole rings is 2. The molecule has 2 N–H and O–H groups in total. The van der Waals surface area contributed by atoms with Gasteiger partial charge in [0.2, 0.25) is 0 Å². The number of carbonyl (C=O) groups excluding carboxylic acids is 1. The minimum absolute atomic E-state index is 0.198. The van der Waals surface area contributed by atoms with E-state index in [9.17, 15) is 14.7 Å². The summed E-state index contributed by atoms with van der Waals surface area (Å²) in [6.45, 7) is 0.917. The maximum atomic E-state index is 12.7. The van der Waals surface area contributed by atoms with Gasteiger partial charge >= 0.3 is 5.97 Å². The zero-order valence-electron chi connectivity index (χ0n) is 18.4. The van der Waals surface area contributed by atoms with Crippen molar-refractivity contribution in [3.8, 4) is 0 Å².